The number of rotatable bonds is 4. The first-order chi connectivity index (χ1) is 17.5. The highest BCUT2D eigenvalue weighted by atomic mass is 16.7. The van der Waals surface area contributed by atoms with Gasteiger partial charge in [-0.25, -0.2) is 0 Å². The van der Waals surface area contributed by atoms with Crippen LogP contribution in [-0.2, 0) is 15.9 Å². The third-order valence-corrected chi connectivity index (χ3v) is 8.13. The maximum Gasteiger partial charge on any atom is 0.201 e. The molecule has 1 fully saturated rings. The molecule has 1 heterocycles. The Balaban J connectivity index is 1.59. The first-order valence-corrected chi connectivity index (χ1v) is 12.6. The molecule has 0 spiro atoms. The van der Waals surface area contributed by atoms with Crippen LogP contribution in [0.2, 0.25) is 0 Å². The monoisotopic (exact) mass is 511 g/mol. The van der Waals surface area contributed by atoms with Gasteiger partial charge < -0.3 is 34.8 Å². The lowest BCUT2D eigenvalue weighted by Gasteiger charge is -2.44. The minimum atomic E-state index is -1.16. The van der Waals surface area contributed by atoms with E-state index >= 15 is 0 Å². The second-order valence-corrected chi connectivity index (χ2v) is 10.7. The molecule has 5 rings (SSSR count). The van der Waals surface area contributed by atoms with Crippen LogP contribution in [0.1, 0.15) is 82.2 Å². The Labute approximate surface area is 215 Å². The topological polar surface area (TPSA) is 137 Å². The summed E-state index contributed by atoms with van der Waals surface area (Å²) in [7, 11) is 3.73. The minimum Gasteiger partial charge on any atom is -0.507 e. The summed E-state index contributed by atoms with van der Waals surface area (Å²) >= 11 is 0. The Hall–Kier alpha value is -2.82. The Kier molecular flexibility index (Phi) is 6.40. The van der Waals surface area contributed by atoms with Crippen LogP contribution in [0.15, 0.2) is 24.3 Å². The van der Waals surface area contributed by atoms with Crippen molar-refractivity contribution in [2.45, 2.75) is 75.8 Å². The Bertz CT molecular complexity index is 1270. The zero-order valence-corrected chi connectivity index (χ0v) is 21.4. The number of aromatic hydroxyl groups is 2. The number of likely N-dealkylation sites (N-methyl/N-ethyl adjacent to an activating group) is 1. The van der Waals surface area contributed by atoms with Gasteiger partial charge in [0.05, 0.1) is 35.0 Å². The fraction of sp³-hybridized carbons (Fsp3) is 0.500. The average Bonchev–Trinajstić information content (AvgIpc) is 2.83. The number of hydrogen-bond donors (Lipinski definition) is 4. The number of phenols is 2. The van der Waals surface area contributed by atoms with Gasteiger partial charge in [0, 0.05) is 42.0 Å². The number of ketones is 2. The molecule has 0 radical (unpaired) electrons. The van der Waals surface area contributed by atoms with Gasteiger partial charge in [-0.2, -0.15) is 0 Å². The number of benzene rings is 2. The minimum absolute atomic E-state index is 0.0387. The van der Waals surface area contributed by atoms with Gasteiger partial charge in [0.2, 0.25) is 5.78 Å². The molecule has 0 aromatic heterocycles. The number of aliphatic hydroxyl groups is 2. The summed E-state index contributed by atoms with van der Waals surface area (Å²) < 4.78 is 12.3. The van der Waals surface area contributed by atoms with E-state index in [0.717, 1.165) is 0 Å². The first kappa shape index (κ1) is 25.8. The molecule has 6 unspecified atom stereocenters. The van der Waals surface area contributed by atoms with E-state index in [1.165, 1.54) is 18.2 Å². The first-order valence-electron chi connectivity index (χ1n) is 12.6. The molecule has 9 nitrogen and oxygen atoms in total. The normalized spacial score (nSPS) is 31.2. The van der Waals surface area contributed by atoms with Crippen LogP contribution in [0.4, 0.5) is 0 Å². The quantitative estimate of drug-likeness (QED) is 0.416. The molecule has 1 aliphatic heterocycles. The number of ether oxygens (including phenoxy) is 2. The average molecular weight is 512 g/mol. The van der Waals surface area contributed by atoms with Crippen LogP contribution in [0.3, 0.4) is 0 Å². The van der Waals surface area contributed by atoms with Crippen molar-refractivity contribution in [2.24, 2.45) is 0 Å². The van der Waals surface area contributed by atoms with Crippen molar-refractivity contribution >= 4 is 11.6 Å². The molecular weight excluding hydrogens is 478 g/mol. The van der Waals surface area contributed by atoms with Crippen molar-refractivity contribution in [3.8, 4) is 11.5 Å². The summed E-state index contributed by atoms with van der Waals surface area (Å²) in [6.45, 7) is 3.61. The molecule has 6 atom stereocenters. The van der Waals surface area contributed by atoms with Gasteiger partial charge in [-0.05, 0) is 45.1 Å². The van der Waals surface area contributed by atoms with Crippen molar-refractivity contribution < 1.29 is 39.5 Å². The fourth-order valence-corrected chi connectivity index (χ4v) is 5.96. The number of carbonyl (C=O) groups is 2. The van der Waals surface area contributed by atoms with Crippen LogP contribution in [0.5, 0.6) is 11.5 Å². The molecule has 198 valence electrons. The van der Waals surface area contributed by atoms with Crippen molar-refractivity contribution in [1.82, 2.24) is 4.90 Å². The van der Waals surface area contributed by atoms with E-state index in [0.29, 0.717) is 24.0 Å². The summed E-state index contributed by atoms with van der Waals surface area (Å²) in [4.78, 5) is 28.7. The van der Waals surface area contributed by atoms with E-state index in [9.17, 15) is 30.0 Å². The molecular formula is C28H33NO8. The largest absolute Gasteiger partial charge is 0.507 e. The second-order valence-electron chi connectivity index (χ2n) is 10.7. The number of fused-ring (bicyclic) bond motifs is 3. The van der Waals surface area contributed by atoms with Crippen molar-refractivity contribution in [3.05, 3.63) is 57.6 Å². The van der Waals surface area contributed by atoms with Gasteiger partial charge in [0.15, 0.2) is 12.1 Å². The van der Waals surface area contributed by atoms with Crippen LogP contribution in [0.25, 0.3) is 0 Å². The fourth-order valence-electron chi connectivity index (χ4n) is 5.96. The van der Waals surface area contributed by atoms with Crippen LogP contribution in [-0.4, -0.2) is 81.1 Å². The maximum atomic E-state index is 13.4. The third-order valence-electron chi connectivity index (χ3n) is 8.13. The molecule has 2 aromatic rings. The number of aliphatic hydroxyl groups excluding tert-OH is 1. The van der Waals surface area contributed by atoms with Crippen LogP contribution < -0.4 is 0 Å². The van der Waals surface area contributed by atoms with Crippen molar-refractivity contribution in [1.29, 1.82) is 0 Å². The third kappa shape index (κ3) is 4.15. The molecule has 2 aromatic carbocycles. The zero-order valence-electron chi connectivity index (χ0n) is 21.4. The maximum absolute atomic E-state index is 13.4. The summed E-state index contributed by atoms with van der Waals surface area (Å²) in [6.07, 6.45) is -1.68. The van der Waals surface area contributed by atoms with E-state index in [1.54, 1.807) is 13.0 Å². The molecule has 3 aliphatic rings. The Morgan fingerprint density at radius 3 is 2.54 bits per heavy atom. The van der Waals surface area contributed by atoms with Gasteiger partial charge in [-0.15, -0.1) is 0 Å². The predicted octanol–water partition coefficient (Wildman–Crippen LogP) is 2.44. The summed E-state index contributed by atoms with van der Waals surface area (Å²) in [5.41, 5.74) is -0.498. The van der Waals surface area contributed by atoms with E-state index in [-0.39, 0.29) is 52.6 Å². The highest BCUT2D eigenvalue weighted by Gasteiger charge is 2.45. The number of hydrogen-bond acceptors (Lipinski definition) is 9. The van der Waals surface area contributed by atoms with Crippen molar-refractivity contribution in [3.63, 3.8) is 0 Å². The van der Waals surface area contributed by atoms with Crippen molar-refractivity contribution in [2.75, 3.05) is 14.1 Å². The zero-order chi connectivity index (χ0) is 26.8. The molecule has 0 amide bonds. The van der Waals surface area contributed by atoms with Gasteiger partial charge in [-0.3, -0.25) is 9.59 Å². The Morgan fingerprint density at radius 1 is 1.14 bits per heavy atom. The highest BCUT2D eigenvalue weighted by molar-refractivity contribution is 6.30. The highest BCUT2D eigenvalue weighted by Crippen LogP contribution is 2.49. The van der Waals surface area contributed by atoms with E-state index in [1.807, 2.05) is 25.9 Å². The molecule has 4 N–H and O–H groups in total. The van der Waals surface area contributed by atoms with Gasteiger partial charge in [-0.1, -0.05) is 19.1 Å². The number of nitrogens with zero attached hydrogens (tertiary/aromatic N) is 1. The summed E-state index contributed by atoms with van der Waals surface area (Å²) in [5, 5.41) is 43.7. The van der Waals surface area contributed by atoms with Gasteiger partial charge >= 0.3 is 0 Å². The molecule has 0 bridgehead atoms. The van der Waals surface area contributed by atoms with Crippen LogP contribution in [0, 0.1) is 0 Å². The van der Waals surface area contributed by atoms with E-state index < -0.39 is 41.8 Å². The molecule has 2 aliphatic carbocycles. The van der Waals surface area contributed by atoms with E-state index in [2.05, 4.69) is 0 Å². The summed E-state index contributed by atoms with van der Waals surface area (Å²) in [6, 6.07) is 5.63. The lowest BCUT2D eigenvalue weighted by molar-refractivity contribution is -0.257. The standard InChI is InChI=1S/C28H33NO8/c1-5-28(35)11-14-9-16-23(27(34)22-15(25(16)32)7-6-8-18(22)30)26(33)21(14)19(12-28)37-20-10-17(29(3)4)24(31)13(2)36-20/h6-9,13,17,19-20,24,30-31,33,35H,5,10-12H2,1-4H3. The second kappa shape index (κ2) is 9.18. The number of carbonyl (C=O) groups excluding carboxylic acids is 2. The molecule has 9 heteroatoms. The van der Waals surface area contributed by atoms with E-state index in [4.69, 9.17) is 9.47 Å². The smallest absolute Gasteiger partial charge is 0.201 e. The van der Waals surface area contributed by atoms with Crippen LogP contribution >= 0.6 is 0 Å². The van der Waals surface area contributed by atoms with Gasteiger partial charge in [0.25, 0.3) is 0 Å². The predicted molar refractivity (Wildman–Crippen MR) is 133 cm³/mol. The number of phenolic OH excluding ortho intramolecular Hbond substituents is 2. The lowest BCUT2D eigenvalue weighted by atomic mass is 9.73. The summed E-state index contributed by atoms with van der Waals surface area (Å²) in [5.74, 6) is -1.83. The Morgan fingerprint density at radius 2 is 1.86 bits per heavy atom. The molecule has 1 saturated heterocycles. The molecule has 0 saturated carbocycles. The molecule has 37 heavy (non-hydrogen) atoms. The SMILES string of the molecule is CCC1(O)Cc2cc3c(c(O)c2C(OC2CC(N(C)C)C(O)C(C)O2)C1)C(=O)c1c(O)cccc1C3=O. The lowest BCUT2D eigenvalue weighted by Crippen LogP contribution is -2.53. The van der Waals surface area contributed by atoms with Gasteiger partial charge in [0.1, 0.15) is 11.5 Å².